The van der Waals surface area contributed by atoms with Gasteiger partial charge in [0.25, 0.3) is 5.91 Å². The number of hydrogen-bond acceptors (Lipinski definition) is 6. The van der Waals surface area contributed by atoms with E-state index in [-0.39, 0.29) is 30.0 Å². The van der Waals surface area contributed by atoms with Crippen LogP contribution in [0.15, 0.2) is 29.6 Å². The Bertz CT molecular complexity index is 937. The van der Waals surface area contributed by atoms with Gasteiger partial charge in [0.05, 0.1) is 18.1 Å². The number of amides is 2. The van der Waals surface area contributed by atoms with Crippen molar-refractivity contribution in [3.05, 3.63) is 40.9 Å². The standard InChI is InChI=1S/C17H19N3O4S2/c1-11-9-25-17(19-11)13-4-2-3-12(7-13)16(22)18-8-15(21)20-14-5-6-26(23,24)10-14/h2-4,7,9,14H,5-6,8,10H2,1H3,(H,18,22)(H,20,21). The molecule has 1 aromatic carbocycles. The highest BCUT2D eigenvalue weighted by Gasteiger charge is 2.28. The predicted octanol–water partition coefficient (Wildman–Crippen LogP) is 1.15. The fourth-order valence-electron chi connectivity index (χ4n) is 2.73. The Morgan fingerprint density at radius 1 is 1.35 bits per heavy atom. The van der Waals surface area contributed by atoms with Crippen molar-refractivity contribution < 1.29 is 18.0 Å². The molecule has 1 fully saturated rings. The lowest BCUT2D eigenvalue weighted by molar-refractivity contribution is -0.120. The summed E-state index contributed by atoms with van der Waals surface area (Å²) >= 11 is 1.50. The maximum Gasteiger partial charge on any atom is 0.251 e. The molecule has 2 amide bonds. The summed E-state index contributed by atoms with van der Waals surface area (Å²) in [5.74, 6) is -0.712. The smallest absolute Gasteiger partial charge is 0.251 e. The molecule has 7 nitrogen and oxygen atoms in total. The minimum absolute atomic E-state index is 0.0397. The van der Waals surface area contributed by atoms with Crippen LogP contribution in [-0.2, 0) is 14.6 Å². The summed E-state index contributed by atoms with van der Waals surface area (Å²) in [4.78, 5) is 28.6. The van der Waals surface area contributed by atoms with Crippen LogP contribution in [0, 0.1) is 6.92 Å². The minimum atomic E-state index is -3.05. The summed E-state index contributed by atoms with van der Waals surface area (Å²) in [7, 11) is -3.05. The summed E-state index contributed by atoms with van der Waals surface area (Å²) in [5.41, 5.74) is 2.20. The molecule has 3 rings (SSSR count). The van der Waals surface area contributed by atoms with Crippen LogP contribution in [0.4, 0.5) is 0 Å². The van der Waals surface area contributed by atoms with Gasteiger partial charge in [-0.05, 0) is 25.5 Å². The van der Waals surface area contributed by atoms with E-state index in [9.17, 15) is 18.0 Å². The van der Waals surface area contributed by atoms with E-state index in [4.69, 9.17) is 0 Å². The third-order valence-electron chi connectivity index (χ3n) is 4.00. The molecule has 1 atom stereocenters. The van der Waals surface area contributed by atoms with Crippen molar-refractivity contribution in [3.8, 4) is 10.6 Å². The van der Waals surface area contributed by atoms with Crippen molar-refractivity contribution in [2.75, 3.05) is 18.1 Å². The van der Waals surface area contributed by atoms with Gasteiger partial charge >= 0.3 is 0 Å². The van der Waals surface area contributed by atoms with Crippen LogP contribution < -0.4 is 10.6 Å². The van der Waals surface area contributed by atoms with Crippen LogP contribution in [0.1, 0.15) is 22.5 Å². The summed E-state index contributed by atoms with van der Waals surface area (Å²) < 4.78 is 22.8. The molecule has 1 aliphatic heterocycles. The molecule has 1 unspecified atom stereocenters. The zero-order chi connectivity index (χ0) is 18.7. The second kappa shape index (κ2) is 7.55. The molecule has 2 aromatic rings. The maximum absolute atomic E-state index is 12.3. The van der Waals surface area contributed by atoms with E-state index in [1.165, 1.54) is 11.3 Å². The molecule has 26 heavy (non-hydrogen) atoms. The summed E-state index contributed by atoms with van der Waals surface area (Å²) in [6.07, 6.45) is 0.414. The number of benzene rings is 1. The lowest BCUT2D eigenvalue weighted by Crippen LogP contribution is -2.42. The number of thiazole rings is 1. The summed E-state index contributed by atoms with van der Waals surface area (Å²) in [6.45, 7) is 1.71. The zero-order valence-electron chi connectivity index (χ0n) is 14.2. The maximum atomic E-state index is 12.3. The van der Waals surface area contributed by atoms with E-state index >= 15 is 0 Å². The SMILES string of the molecule is Cc1csc(-c2cccc(C(=O)NCC(=O)NC3CCS(=O)(=O)C3)c2)n1. The molecule has 0 saturated carbocycles. The largest absolute Gasteiger partial charge is 0.351 e. The van der Waals surface area contributed by atoms with Crippen molar-refractivity contribution in [1.29, 1.82) is 0 Å². The number of rotatable bonds is 5. The third-order valence-corrected chi connectivity index (χ3v) is 6.77. The first-order valence-electron chi connectivity index (χ1n) is 8.13. The second-order valence-corrected chi connectivity index (χ2v) is 9.31. The van der Waals surface area contributed by atoms with Gasteiger partial charge < -0.3 is 10.6 Å². The van der Waals surface area contributed by atoms with Crippen LogP contribution in [-0.4, -0.2) is 49.3 Å². The van der Waals surface area contributed by atoms with Gasteiger partial charge in [0.15, 0.2) is 9.84 Å². The van der Waals surface area contributed by atoms with Crippen molar-refractivity contribution in [2.45, 2.75) is 19.4 Å². The van der Waals surface area contributed by atoms with Crippen molar-refractivity contribution in [2.24, 2.45) is 0 Å². The van der Waals surface area contributed by atoms with Crippen molar-refractivity contribution >= 4 is 33.0 Å². The number of carbonyl (C=O) groups is 2. The molecule has 0 aliphatic carbocycles. The Balaban J connectivity index is 1.56. The quantitative estimate of drug-likeness (QED) is 0.793. The molecule has 0 spiro atoms. The lowest BCUT2D eigenvalue weighted by atomic mass is 10.1. The Morgan fingerprint density at radius 3 is 2.81 bits per heavy atom. The lowest BCUT2D eigenvalue weighted by Gasteiger charge is -2.11. The van der Waals surface area contributed by atoms with Gasteiger partial charge in [0.2, 0.25) is 5.91 Å². The average Bonchev–Trinajstić information content (AvgIpc) is 3.18. The molecular weight excluding hydrogens is 374 g/mol. The minimum Gasteiger partial charge on any atom is -0.351 e. The van der Waals surface area contributed by atoms with Crippen LogP contribution in [0.5, 0.6) is 0 Å². The van der Waals surface area contributed by atoms with Crippen molar-refractivity contribution in [1.82, 2.24) is 15.6 Å². The number of aromatic nitrogens is 1. The number of aryl methyl sites for hydroxylation is 1. The Hall–Kier alpha value is -2.26. The number of nitrogens with zero attached hydrogens (tertiary/aromatic N) is 1. The van der Waals surface area contributed by atoms with Crippen molar-refractivity contribution in [3.63, 3.8) is 0 Å². The molecule has 1 saturated heterocycles. The Labute approximate surface area is 155 Å². The van der Waals surface area contributed by atoms with E-state index in [0.717, 1.165) is 16.3 Å². The van der Waals surface area contributed by atoms with E-state index in [2.05, 4.69) is 15.6 Å². The normalized spacial score (nSPS) is 18.4. The molecule has 9 heteroatoms. The molecule has 0 radical (unpaired) electrons. The summed E-state index contributed by atoms with van der Waals surface area (Å²) in [6, 6.07) is 6.67. The molecule has 2 heterocycles. The molecule has 0 bridgehead atoms. The molecule has 2 N–H and O–H groups in total. The van der Waals surface area contributed by atoms with E-state index < -0.39 is 15.7 Å². The van der Waals surface area contributed by atoms with Crippen LogP contribution >= 0.6 is 11.3 Å². The number of nitrogens with one attached hydrogen (secondary N) is 2. The first-order chi connectivity index (χ1) is 12.3. The van der Waals surface area contributed by atoms with Gasteiger partial charge in [-0.1, -0.05) is 12.1 Å². The van der Waals surface area contributed by atoms with E-state index in [1.54, 1.807) is 18.2 Å². The fraction of sp³-hybridized carbons (Fsp3) is 0.353. The molecule has 1 aliphatic rings. The topological polar surface area (TPSA) is 105 Å². The van der Waals surface area contributed by atoms with Gasteiger partial charge in [0.1, 0.15) is 5.01 Å². The first kappa shape index (κ1) is 18.5. The predicted molar refractivity (Wildman–Crippen MR) is 99.8 cm³/mol. The van der Waals surface area contributed by atoms with E-state index in [1.807, 2.05) is 18.4 Å². The average molecular weight is 393 g/mol. The van der Waals surface area contributed by atoms with Gasteiger partial charge in [-0.2, -0.15) is 0 Å². The van der Waals surface area contributed by atoms with E-state index in [0.29, 0.717) is 12.0 Å². The van der Waals surface area contributed by atoms with Gasteiger partial charge in [-0.15, -0.1) is 11.3 Å². The van der Waals surface area contributed by atoms with Gasteiger partial charge in [-0.25, -0.2) is 13.4 Å². The molecule has 1 aromatic heterocycles. The second-order valence-electron chi connectivity index (χ2n) is 6.22. The zero-order valence-corrected chi connectivity index (χ0v) is 15.8. The van der Waals surface area contributed by atoms with Crippen LogP contribution in [0.2, 0.25) is 0 Å². The van der Waals surface area contributed by atoms with Gasteiger partial charge in [-0.3, -0.25) is 9.59 Å². The number of carbonyl (C=O) groups excluding carboxylic acids is 2. The molecule has 138 valence electrons. The Morgan fingerprint density at radius 2 is 2.15 bits per heavy atom. The highest BCUT2D eigenvalue weighted by Crippen LogP contribution is 2.24. The van der Waals surface area contributed by atoms with Crippen LogP contribution in [0.25, 0.3) is 10.6 Å². The highest BCUT2D eigenvalue weighted by molar-refractivity contribution is 7.91. The first-order valence-corrected chi connectivity index (χ1v) is 10.8. The highest BCUT2D eigenvalue weighted by atomic mass is 32.2. The molecular formula is C17H19N3O4S2. The Kier molecular flexibility index (Phi) is 5.38. The number of hydrogen-bond donors (Lipinski definition) is 2. The number of sulfone groups is 1. The fourth-order valence-corrected chi connectivity index (χ4v) is 5.20. The summed E-state index contributed by atoms with van der Waals surface area (Å²) in [5, 5.41) is 7.97. The monoisotopic (exact) mass is 393 g/mol. The van der Waals surface area contributed by atoms with Gasteiger partial charge in [0, 0.05) is 28.2 Å². The third kappa shape index (κ3) is 4.67. The van der Waals surface area contributed by atoms with Crippen LogP contribution in [0.3, 0.4) is 0 Å².